The minimum atomic E-state index is 0.224. The second-order valence-corrected chi connectivity index (χ2v) is 15.0. The van der Waals surface area contributed by atoms with Gasteiger partial charge in [-0.2, -0.15) is 4.57 Å². The Bertz CT molecular complexity index is 1850. The SMILES string of the molecule is CCN1/C(=C/C2=CC(=C\c3sc4ccccc4[n+]3CC)/CC(C)(C)C2)Sc2ccc(-c3cc4ccccc4s3)cc21. The van der Waals surface area contributed by atoms with Crippen LogP contribution in [0.3, 0.4) is 0 Å². The maximum Gasteiger partial charge on any atom is 0.263 e. The Morgan fingerprint density at radius 2 is 1.68 bits per heavy atom. The molecular weight excluding hydrogens is 557 g/mol. The van der Waals surface area contributed by atoms with Gasteiger partial charge in [0.15, 0.2) is 0 Å². The second kappa shape index (κ2) is 10.6. The number of benzene rings is 3. The predicted octanol–water partition coefficient (Wildman–Crippen LogP) is 10.7. The zero-order chi connectivity index (χ0) is 28.1. The lowest BCUT2D eigenvalue weighted by Gasteiger charge is -2.31. The molecule has 0 unspecified atom stereocenters. The Hall–Kier alpha value is -3.12. The third-order valence-corrected chi connectivity index (χ3v) is 11.5. The number of para-hydroxylation sites is 1. The Labute approximate surface area is 255 Å². The van der Waals surface area contributed by atoms with Gasteiger partial charge in [0, 0.05) is 33.2 Å². The number of hydrogen-bond donors (Lipinski definition) is 0. The van der Waals surface area contributed by atoms with Crippen LogP contribution in [0.4, 0.5) is 5.69 Å². The van der Waals surface area contributed by atoms with Crippen LogP contribution in [0.2, 0.25) is 0 Å². The highest BCUT2D eigenvalue weighted by atomic mass is 32.2. The van der Waals surface area contributed by atoms with Crippen molar-refractivity contribution in [2.75, 3.05) is 11.4 Å². The summed E-state index contributed by atoms with van der Waals surface area (Å²) in [4.78, 5) is 5.19. The lowest BCUT2D eigenvalue weighted by Crippen LogP contribution is -2.33. The van der Waals surface area contributed by atoms with Gasteiger partial charge in [-0.1, -0.05) is 79.4 Å². The van der Waals surface area contributed by atoms with Gasteiger partial charge in [0.2, 0.25) is 5.52 Å². The van der Waals surface area contributed by atoms with Crippen molar-refractivity contribution in [2.45, 2.75) is 52.0 Å². The van der Waals surface area contributed by atoms with Gasteiger partial charge < -0.3 is 4.90 Å². The van der Waals surface area contributed by atoms with E-state index in [1.165, 1.54) is 62.5 Å². The molecular formula is C36H35N2S3+. The molecule has 41 heavy (non-hydrogen) atoms. The summed E-state index contributed by atoms with van der Waals surface area (Å²) < 4.78 is 5.16. The van der Waals surface area contributed by atoms with E-state index in [-0.39, 0.29) is 5.41 Å². The molecule has 0 N–H and O–H groups in total. The molecule has 2 aromatic heterocycles. The van der Waals surface area contributed by atoms with E-state index in [2.05, 4.69) is 128 Å². The van der Waals surface area contributed by atoms with Crippen LogP contribution in [0.1, 0.15) is 45.5 Å². The third-order valence-electron chi connectivity index (χ3n) is 8.06. The van der Waals surface area contributed by atoms with Gasteiger partial charge in [0.25, 0.3) is 5.01 Å². The number of aryl methyl sites for hydroxylation is 1. The summed E-state index contributed by atoms with van der Waals surface area (Å²) in [7, 11) is 0. The highest BCUT2D eigenvalue weighted by Gasteiger charge is 2.29. The molecule has 3 heterocycles. The Kier molecular flexibility index (Phi) is 6.93. The first-order chi connectivity index (χ1) is 19.9. The Balaban J connectivity index is 1.23. The zero-order valence-electron chi connectivity index (χ0n) is 24.1. The molecule has 0 saturated heterocycles. The number of fused-ring (bicyclic) bond motifs is 3. The minimum absolute atomic E-state index is 0.224. The van der Waals surface area contributed by atoms with Crippen LogP contribution in [0, 0.1) is 5.41 Å². The molecule has 1 aliphatic heterocycles. The average Bonchev–Trinajstić information content (AvgIpc) is 3.63. The molecule has 206 valence electrons. The van der Waals surface area contributed by atoms with E-state index in [0.29, 0.717) is 0 Å². The van der Waals surface area contributed by atoms with E-state index < -0.39 is 0 Å². The summed E-state index contributed by atoms with van der Waals surface area (Å²) in [6.45, 7) is 11.3. The third kappa shape index (κ3) is 5.09. The van der Waals surface area contributed by atoms with Gasteiger partial charge in [-0.05, 0) is 90.6 Å². The van der Waals surface area contributed by atoms with Crippen LogP contribution in [0.5, 0.6) is 0 Å². The van der Waals surface area contributed by atoms with Gasteiger partial charge in [-0.3, -0.25) is 0 Å². The molecule has 5 heteroatoms. The molecule has 0 spiro atoms. The van der Waals surface area contributed by atoms with E-state index in [0.717, 1.165) is 25.9 Å². The van der Waals surface area contributed by atoms with Gasteiger partial charge in [-0.15, -0.1) is 11.3 Å². The highest BCUT2D eigenvalue weighted by Crippen LogP contribution is 2.49. The number of hydrogen-bond acceptors (Lipinski definition) is 4. The van der Waals surface area contributed by atoms with Crippen molar-refractivity contribution in [1.29, 1.82) is 0 Å². The van der Waals surface area contributed by atoms with Crippen LogP contribution < -0.4 is 9.47 Å². The van der Waals surface area contributed by atoms with Crippen molar-refractivity contribution in [3.8, 4) is 10.4 Å². The van der Waals surface area contributed by atoms with Crippen molar-refractivity contribution >= 4 is 66.5 Å². The molecule has 0 atom stereocenters. The minimum Gasteiger partial charge on any atom is -0.335 e. The van der Waals surface area contributed by atoms with Crippen molar-refractivity contribution in [2.24, 2.45) is 5.41 Å². The molecule has 2 aliphatic rings. The summed E-state index contributed by atoms with van der Waals surface area (Å²) in [5.74, 6) is 0. The smallest absolute Gasteiger partial charge is 0.263 e. The first kappa shape index (κ1) is 26.8. The number of nitrogens with zero attached hydrogens (tertiary/aromatic N) is 2. The number of thioether (sulfide) groups is 1. The number of anilines is 1. The summed E-state index contributed by atoms with van der Waals surface area (Å²) in [5, 5.41) is 4.01. The standard InChI is InChI=1S/C36H35N2S3/c1-5-37-28-12-8-10-14-31(28)40-34(37)18-24-17-25(23-36(3,4)22-24)19-35-38(6-2)29-20-27(15-16-32(29)41-35)33-21-26-11-7-9-13-30(26)39-33/h7-21H,5-6,22-23H2,1-4H3/q+1. The molecule has 5 aromatic rings. The molecule has 1 aliphatic carbocycles. The number of allylic oxidation sites excluding steroid dienone is 4. The van der Waals surface area contributed by atoms with E-state index in [9.17, 15) is 0 Å². The van der Waals surface area contributed by atoms with Crippen molar-refractivity contribution in [3.63, 3.8) is 0 Å². The first-order valence-corrected chi connectivity index (χ1v) is 17.0. The van der Waals surface area contributed by atoms with Crippen LogP contribution in [-0.2, 0) is 6.54 Å². The maximum atomic E-state index is 2.50. The molecule has 0 radical (unpaired) electrons. The topological polar surface area (TPSA) is 7.12 Å². The van der Waals surface area contributed by atoms with Crippen LogP contribution >= 0.6 is 34.4 Å². The van der Waals surface area contributed by atoms with E-state index in [1.807, 2.05) is 34.4 Å². The van der Waals surface area contributed by atoms with Gasteiger partial charge in [-0.25, -0.2) is 0 Å². The quantitative estimate of drug-likeness (QED) is 0.188. The largest absolute Gasteiger partial charge is 0.335 e. The molecule has 0 amide bonds. The monoisotopic (exact) mass is 591 g/mol. The summed E-state index contributed by atoms with van der Waals surface area (Å²) >= 11 is 5.70. The fourth-order valence-corrected chi connectivity index (χ4v) is 9.75. The van der Waals surface area contributed by atoms with Crippen molar-refractivity contribution < 1.29 is 4.57 Å². The van der Waals surface area contributed by atoms with Crippen LogP contribution in [-0.4, -0.2) is 6.54 Å². The molecule has 7 rings (SSSR count). The lowest BCUT2D eigenvalue weighted by atomic mass is 9.75. The van der Waals surface area contributed by atoms with Crippen LogP contribution in [0.25, 0.3) is 36.8 Å². The highest BCUT2D eigenvalue weighted by molar-refractivity contribution is 8.03. The van der Waals surface area contributed by atoms with Gasteiger partial charge in [0.1, 0.15) is 11.2 Å². The van der Waals surface area contributed by atoms with Crippen LogP contribution in [0.15, 0.2) is 106 Å². The number of thiazole rings is 1. The molecule has 3 aromatic carbocycles. The number of aromatic nitrogens is 1. The fourth-order valence-electron chi connectivity index (χ4n) is 6.31. The zero-order valence-corrected chi connectivity index (χ0v) is 26.6. The molecule has 0 fully saturated rings. The maximum absolute atomic E-state index is 2.50. The van der Waals surface area contributed by atoms with Gasteiger partial charge in [0.05, 0.1) is 10.7 Å². The first-order valence-electron chi connectivity index (χ1n) is 14.5. The predicted molar refractivity (Wildman–Crippen MR) is 181 cm³/mol. The Morgan fingerprint density at radius 1 is 0.878 bits per heavy atom. The average molecular weight is 592 g/mol. The van der Waals surface area contributed by atoms with Crippen molar-refractivity contribution in [1.82, 2.24) is 0 Å². The van der Waals surface area contributed by atoms with E-state index in [4.69, 9.17) is 0 Å². The lowest BCUT2D eigenvalue weighted by molar-refractivity contribution is -0.665. The van der Waals surface area contributed by atoms with E-state index in [1.54, 1.807) is 0 Å². The molecule has 0 bridgehead atoms. The summed E-state index contributed by atoms with van der Waals surface area (Å²) in [6, 6.07) is 26.8. The number of thiophene rings is 1. The Morgan fingerprint density at radius 3 is 2.49 bits per heavy atom. The van der Waals surface area contributed by atoms with Crippen molar-refractivity contribution in [3.05, 3.63) is 106 Å². The van der Waals surface area contributed by atoms with Gasteiger partial charge >= 0.3 is 0 Å². The summed E-state index contributed by atoms with van der Waals surface area (Å²) in [5.41, 5.74) is 7.05. The summed E-state index contributed by atoms with van der Waals surface area (Å²) in [6.07, 6.45) is 9.55. The molecule has 0 saturated carbocycles. The van der Waals surface area contributed by atoms with E-state index >= 15 is 0 Å². The molecule has 2 nitrogen and oxygen atoms in total. The normalized spacial score (nSPS) is 18.5. The fraction of sp³-hybridized carbons (Fsp3) is 0.250. The number of rotatable bonds is 5. The second-order valence-electron chi connectivity index (χ2n) is 11.8.